The van der Waals surface area contributed by atoms with Gasteiger partial charge < -0.3 is 10.1 Å². The van der Waals surface area contributed by atoms with Crippen LogP contribution in [-0.4, -0.2) is 46.4 Å². The molecule has 0 aliphatic carbocycles. The predicted molar refractivity (Wildman–Crippen MR) is 85.6 cm³/mol. The number of hydrogen-bond donors (Lipinski definition) is 1. The maximum atomic E-state index is 12.0. The zero-order valence-electron chi connectivity index (χ0n) is 12.3. The van der Waals surface area contributed by atoms with Crippen molar-refractivity contribution in [1.29, 1.82) is 0 Å². The summed E-state index contributed by atoms with van der Waals surface area (Å²) < 4.78 is 30.3. The van der Waals surface area contributed by atoms with Crippen LogP contribution in [0.5, 0.6) is 0 Å². The molecule has 0 bridgehead atoms. The Balaban J connectivity index is 2.04. The molecule has 0 aromatic heterocycles. The van der Waals surface area contributed by atoms with Gasteiger partial charge in [0.05, 0.1) is 23.1 Å². The quantitative estimate of drug-likeness (QED) is 0.844. The summed E-state index contributed by atoms with van der Waals surface area (Å²) in [4.78, 5) is 12.0. The van der Waals surface area contributed by atoms with Gasteiger partial charge in [-0.2, -0.15) is 0 Å². The van der Waals surface area contributed by atoms with E-state index in [2.05, 4.69) is 5.32 Å². The van der Waals surface area contributed by atoms with Gasteiger partial charge in [-0.05, 0) is 25.0 Å². The normalized spacial score (nSPS) is 18.2. The molecule has 0 spiro atoms. The Kier molecular flexibility index (Phi) is 5.66. The monoisotopic (exact) mass is 346 g/mol. The fourth-order valence-electron chi connectivity index (χ4n) is 2.25. The maximum Gasteiger partial charge on any atom is 0.240 e. The largest absolute Gasteiger partial charge is 0.376 e. The molecule has 1 atom stereocenters. The average Bonchev–Trinajstić information content (AvgIpc) is 2.95. The Morgan fingerprint density at radius 1 is 1.45 bits per heavy atom. The molecule has 0 saturated carbocycles. The van der Waals surface area contributed by atoms with E-state index in [-0.39, 0.29) is 23.6 Å². The van der Waals surface area contributed by atoms with E-state index in [1.165, 1.54) is 0 Å². The van der Waals surface area contributed by atoms with Crippen molar-refractivity contribution in [2.75, 3.05) is 30.3 Å². The van der Waals surface area contributed by atoms with Gasteiger partial charge in [-0.15, -0.1) is 0 Å². The number of carbonyl (C=O) groups excluding carboxylic acids is 1. The molecular weight excluding hydrogens is 328 g/mol. The molecule has 6 nitrogen and oxygen atoms in total. The van der Waals surface area contributed by atoms with Crippen molar-refractivity contribution < 1.29 is 17.9 Å². The third kappa shape index (κ3) is 4.59. The van der Waals surface area contributed by atoms with Gasteiger partial charge in [-0.3, -0.25) is 9.10 Å². The van der Waals surface area contributed by atoms with E-state index in [4.69, 9.17) is 16.3 Å². The number of nitrogens with zero attached hydrogens (tertiary/aromatic N) is 1. The lowest BCUT2D eigenvalue weighted by atomic mass is 10.2. The summed E-state index contributed by atoms with van der Waals surface area (Å²) in [6.07, 6.45) is 2.94. The van der Waals surface area contributed by atoms with Gasteiger partial charge in [-0.1, -0.05) is 23.7 Å². The number of rotatable bonds is 6. The van der Waals surface area contributed by atoms with E-state index in [0.717, 1.165) is 23.4 Å². The Labute approximate surface area is 135 Å². The summed E-state index contributed by atoms with van der Waals surface area (Å²) in [5, 5.41) is 2.98. The fourth-order valence-corrected chi connectivity index (χ4v) is 3.41. The highest BCUT2D eigenvalue weighted by atomic mass is 35.5. The van der Waals surface area contributed by atoms with Crippen LogP contribution in [0, 0.1) is 0 Å². The lowest BCUT2D eigenvalue weighted by Gasteiger charge is -2.23. The summed E-state index contributed by atoms with van der Waals surface area (Å²) in [5.74, 6) is -0.388. The SMILES string of the molecule is CS(=O)(=O)N(CC(=O)NCC1CCCO1)c1ccccc1Cl. The Bertz CT molecular complexity index is 629. The second-order valence-electron chi connectivity index (χ2n) is 5.16. The fraction of sp³-hybridized carbons (Fsp3) is 0.500. The first kappa shape index (κ1) is 17.1. The highest BCUT2D eigenvalue weighted by Gasteiger charge is 2.23. The van der Waals surface area contributed by atoms with E-state index in [1.54, 1.807) is 24.3 Å². The minimum absolute atomic E-state index is 0.0101. The molecule has 1 aliphatic rings. The second kappa shape index (κ2) is 7.30. The van der Waals surface area contributed by atoms with Crippen LogP contribution in [0.3, 0.4) is 0 Å². The summed E-state index contributed by atoms with van der Waals surface area (Å²) in [5.41, 5.74) is 0.291. The number of hydrogen-bond acceptors (Lipinski definition) is 4. The van der Waals surface area contributed by atoms with Crippen LogP contribution in [0.2, 0.25) is 5.02 Å². The highest BCUT2D eigenvalue weighted by molar-refractivity contribution is 7.92. The Hall–Kier alpha value is -1.31. The van der Waals surface area contributed by atoms with Crippen LogP contribution >= 0.6 is 11.6 Å². The third-order valence-electron chi connectivity index (χ3n) is 3.36. The summed E-state index contributed by atoms with van der Waals surface area (Å²) >= 11 is 6.03. The zero-order chi connectivity index (χ0) is 16.2. The second-order valence-corrected chi connectivity index (χ2v) is 7.47. The molecule has 1 saturated heterocycles. The van der Waals surface area contributed by atoms with Crippen molar-refractivity contribution in [3.63, 3.8) is 0 Å². The third-order valence-corrected chi connectivity index (χ3v) is 4.81. The lowest BCUT2D eigenvalue weighted by Crippen LogP contribution is -2.42. The van der Waals surface area contributed by atoms with E-state index in [1.807, 2.05) is 0 Å². The molecule has 0 radical (unpaired) electrons. The molecule has 1 fully saturated rings. The first-order valence-corrected chi connectivity index (χ1v) is 9.21. The van der Waals surface area contributed by atoms with Gasteiger partial charge in [-0.25, -0.2) is 8.42 Å². The van der Waals surface area contributed by atoms with Crippen LogP contribution < -0.4 is 9.62 Å². The van der Waals surface area contributed by atoms with Gasteiger partial charge in [0, 0.05) is 13.2 Å². The molecule has 1 aromatic rings. The van der Waals surface area contributed by atoms with E-state index >= 15 is 0 Å². The molecule has 1 heterocycles. The van der Waals surface area contributed by atoms with Crippen LogP contribution in [0.15, 0.2) is 24.3 Å². The van der Waals surface area contributed by atoms with Crippen molar-refractivity contribution in [1.82, 2.24) is 5.32 Å². The summed E-state index contributed by atoms with van der Waals surface area (Å²) in [6.45, 7) is 0.782. The minimum Gasteiger partial charge on any atom is -0.376 e. The number of para-hydroxylation sites is 1. The number of sulfonamides is 1. The number of amides is 1. The Morgan fingerprint density at radius 3 is 2.77 bits per heavy atom. The van der Waals surface area contributed by atoms with Gasteiger partial charge in [0.2, 0.25) is 15.9 Å². The molecule has 1 aliphatic heterocycles. The van der Waals surface area contributed by atoms with Crippen molar-refractivity contribution in [2.45, 2.75) is 18.9 Å². The molecule has 1 amide bonds. The van der Waals surface area contributed by atoms with Crippen LogP contribution in [-0.2, 0) is 19.6 Å². The number of ether oxygens (including phenoxy) is 1. The van der Waals surface area contributed by atoms with E-state index < -0.39 is 10.0 Å². The van der Waals surface area contributed by atoms with Crippen molar-refractivity contribution in [3.05, 3.63) is 29.3 Å². The van der Waals surface area contributed by atoms with Crippen LogP contribution in [0.4, 0.5) is 5.69 Å². The molecule has 1 aromatic carbocycles. The molecule has 8 heteroatoms. The van der Waals surface area contributed by atoms with E-state index in [0.29, 0.717) is 18.8 Å². The number of halogens is 1. The van der Waals surface area contributed by atoms with Gasteiger partial charge in [0.15, 0.2) is 0 Å². The van der Waals surface area contributed by atoms with E-state index in [9.17, 15) is 13.2 Å². The molecule has 1 unspecified atom stereocenters. The summed E-state index contributed by atoms with van der Waals surface area (Å²) in [6, 6.07) is 6.52. The topological polar surface area (TPSA) is 75.7 Å². The molecule has 122 valence electrons. The number of carbonyl (C=O) groups is 1. The molecule has 22 heavy (non-hydrogen) atoms. The van der Waals surface area contributed by atoms with Gasteiger partial charge >= 0.3 is 0 Å². The minimum atomic E-state index is -3.62. The first-order valence-electron chi connectivity index (χ1n) is 6.98. The lowest BCUT2D eigenvalue weighted by molar-refractivity contribution is -0.120. The van der Waals surface area contributed by atoms with Gasteiger partial charge in [0.25, 0.3) is 0 Å². The van der Waals surface area contributed by atoms with Crippen LogP contribution in [0.1, 0.15) is 12.8 Å². The number of benzene rings is 1. The Morgan fingerprint density at radius 2 is 2.18 bits per heavy atom. The molecule has 1 N–H and O–H groups in total. The van der Waals surface area contributed by atoms with Crippen molar-refractivity contribution in [2.24, 2.45) is 0 Å². The predicted octanol–water partition coefficient (Wildman–Crippen LogP) is 1.40. The number of nitrogens with one attached hydrogen (secondary N) is 1. The van der Waals surface area contributed by atoms with Crippen molar-refractivity contribution >= 4 is 33.2 Å². The molecule has 2 rings (SSSR count). The smallest absolute Gasteiger partial charge is 0.240 e. The number of anilines is 1. The zero-order valence-corrected chi connectivity index (χ0v) is 13.9. The molecular formula is C14H19ClN2O4S. The average molecular weight is 347 g/mol. The summed E-state index contributed by atoms with van der Waals surface area (Å²) in [7, 11) is -3.62. The standard InChI is InChI=1S/C14H19ClN2O4S/c1-22(19,20)17(13-7-3-2-6-12(13)15)10-14(18)16-9-11-5-4-8-21-11/h2-3,6-7,11H,4-5,8-10H2,1H3,(H,16,18). The van der Waals surface area contributed by atoms with Crippen molar-refractivity contribution in [3.8, 4) is 0 Å². The van der Waals surface area contributed by atoms with Crippen LogP contribution in [0.25, 0.3) is 0 Å². The first-order chi connectivity index (χ1) is 10.4. The maximum absolute atomic E-state index is 12.0. The highest BCUT2D eigenvalue weighted by Crippen LogP contribution is 2.26. The van der Waals surface area contributed by atoms with Gasteiger partial charge in [0.1, 0.15) is 6.54 Å².